The van der Waals surface area contributed by atoms with E-state index >= 15 is 0 Å². The van der Waals surface area contributed by atoms with E-state index in [1.165, 1.54) is 0 Å². The largest absolute Gasteiger partial charge is 0.465 e. The highest BCUT2D eigenvalue weighted by atomic mass is 16.3. The van der Waals surface area contributed by atoms with Gasteiger partial charge in [0.25, 0.3) is 0 Å². The van der Waals surface area contributed by atoms with Crippen molar-refractivity contribution >= 4 is 11.0 Å². The number of hydrogen-bond donors (Lipinski definition) is 0. The monoisotopic (exact) mass is 345 g/mol. The molecule has 0 saturated heterocycles. The maximum atomic E-state index is 5.77. The standard InChI is InChI=1S/C21H17N2O3/c1-2-9-19-18(8-1)22(14-16-6-3-11-24-16)21(20-10-5-13-26-20)23(19)15-17-7-4-12-25-17/h1-13H,14-15H2/q+1. The van der Waals surface area contributed by atoms with Gasteiger partial charge in [-0.1, -0.05) is 12.1 Å². The molecular formula is C21H17N2O3+. The van der Waals surface area contributed by atoms with Crippen molar-refractivity contribution in [3.8, 4) is 11.6 Å². The molecule has 0 amide bonds. The highest BCUT2D eigenvalue weighted by Crippen LogP contribution is 2.25. The highest BCUT2D eigenvalue weighted by Gasteiger charge is 2.29. The SMILES string of the molecule is c1coc(Cn2c(-c3ccco3)[n+](Cc3ccco3)c3ccccc32)c1. The molecule has 26 heavy (non-hydrogen) atoms. The van der Waals surface area contributed by atoms with E-state index < -0.39 is 0 Å². The van der Waals surface area contributed by atoms with Gasteiger partial charge in [0.1, 0.15) is 24.6 Å². The van der Waals surface area contributed by atoms with Crippen LogP contribution in [0.3, 0.4) is 0 Å². The summed E-state index contributed by atoms with van der Waals surface area (Å²) in [4.78, 5) is 0. The Kier molecular flexibility index (Phi) is 3.49. The Bertz CT molecular complexity index is 1040. The Morgan fingerprint density at radius 3 is 2.19 bits per heavy atom. The van der Waals surface area contributed by atoms with Crippen molar-refractivity contribution in [2.45, 2.75) is 13.1 Å². The maximum absolute atomic E-state index is 5.77. The molecule has 0 spiro atoms. The van der Waals surface area contributed by atoms with Gasteiger partial charge in [0, 0.05) is 0 Å². The molecule has 0 aliphatic carbocycles. The minimum atomic E-state index is 0.620. The fraction of sp³-hybridized carbons (Fsp3) is 0.0952. The van der Waals surface area contributed by atoms with Gasteiger partial charge in [-0.2, -0.15) is 0 Å². The van der Waals surface area contributed by atoms with Crippen LogP contribution in [0.2, 0.25) is 0 Å². The quantitative estimate of drug-likeness (QED) is 0.442. The molecule has 0 saturated carbocycles. The summed E-state index contributed by atoms with van der Waals surface area (Å²) in [7, 11) is 0. The lowest BCUT2D eigenvalue weighted by molar-refractivity contribution is -0.654. The third-order valence-electron chi connectivity index (χ3n) is 4.50. The first kappa shape index (κ1) is 14.8. The molecule has 0 aliphatic heterocycles. The molecule has 0 atom stereocenters. The van der Waals surface area contributed by atoms with Gasteiger partial charge in [0.2, 0.25) is 5.76 Å². The summed E-state index contributed by atoms with van der Waals surface area (Å²) in [6.45, 7) is 1.24. The summed E-state index contributed by atoms with van der Waals surface area (Å²) in [5.41, 5.74) is 2.23. The fourth-order valence-corrected chi connectivity index (χ4v) is 3.40. The summed E-state index contributed by atoms with van der Waals surface area (Å²) in [5.74, 6) is 3.57. The molecule has 128 valence electrons. The van der Waals surface area contributed by atoms with Crippen molar-refractivity contribution in [1.82, 2.24) is 4.57 Å². The van der Waals surface area contributed by atoms with Crippen molar-refractivity contribution in [3.05, 3.63) is 91.0 Å². The zero-order valence-corrected chi connectivity index (χ0v) is 14.0. The van der Waals surface area contributed by atoms with Gasteiger partial charge in [-0.3, -0.25) is 0 Å². The minimum absolute atomic E-state index is 0.620. The van der Waals surface area contributed by atoms with Crippen LogP contribution in [0.5, 0.6) is 0 Å². The van der Waals surface area contributed by atoms with Crippen LogP contribution in [0.15, 0.2) is 92.7 Å². The van der Waals surface area contributed by atoms with E-state index in [9.17, 15) is 0 Å². The summed E-state index contributed by atoms with van der Waals surface area (Å²) >= 11 is 0. The number of para-hydroxylation sites is 2. The summed E-state index contributed by atoms with van der Waals surface area (Å²) in [5, 5.41) is 0. The number of benzene rings is 1. The first-order valence-electron chi connectivity index (χ1n) is 8.50. The normalized spacial score (nSPS) is 11.4. The van der Waals surface area contributed by atoms with Gasteiger partial charge in [0.05, 0.1) is 18.8 Å². The summed E-state index contributed by atoms with van der Waals surface area (Å²) in [6.07, 6.45) is 5.09. The lowest BCUT2D eigenvalue weighted by Crippen LogP contribution is -2.36. The number of hydrogen-bond acceptors (Lipinski definition) is 3. The number of nitrogens with zero attached hydrogens (tertiary/aromatic N) is 2. The Morgan fingerprint density at radius 2 is 1.46 bits per heavy atom. The summed E-state index contributed by atoms with van der Waals surface area (Å²) in [6, 6.07) is 20.0. The minimum Gasteiger partial charge on any atom is -0.465 e. The van der Waals surface area contributed by atoms with Crippen molar-refractivity contribution in [3.63, 3.8) is 0 Å². The van der Waals surface area contributed by atoms with Crippen LogP contribution in [0, 0.1) is 0 Å². The molecule has 5 nitrogen and oxygen atoms in total. The molecule has 4 aromatic heterocycles. The molecule has 1 aromatic carbocycles. The average Bonchev–Trinajstić information content (AvgIpc) is 3.45. The van der Waals surface area contributed by atoms with Gasteiger partial charge in [-0.15, -0.1) is 0 Å². The van der Waals surface area contributed by atoms with Crippen LogP contribution in [0.1, 0.15) is 11.5 Å². The Balaban J connectivity index is 1.77. The van der Waals surface area contributed by atoms with E-state index in [4.69, 9.17) is 13.3 Å². The zero-order chi connectivity index (χ0) is 17.3. The second kappa shape index (κ2) is 6.11. The van der Waals surface area contributed by atoms with Gasteiger partial charge >= 0.3 is 5.82 Å². The molecule has 5 aromatic rings. The average molecular weight is 345 g/mol. The molecule has 0 aliphatic rings. The van der Waals surface area contributed by atoms with E-state index in [1.807, 2.05) is 48.5 Å². The maximum Gasteiger partial charge on any atom is 0.326 e. The Labute approximate surface area is 149 Å². The lowest BCUT2D eigenvalue weighted by Gasteiger charge is -2.02. The van der Waals surface area contributed by atoms with Crippen LogP contribution in [-0.2, 0) is 13.1 Å². The van der Waals surface area contributed by atoms with E-state index in [-0.39, 0.29) is 0 Å². The molecule has 0 unspecified atom stereocenters. The van der Waals surface area contributed by atoms with Crippen molar-refractivity contribution in [1.29, 1.82) is 0 Å². The lowest BCUT2D eigenvalue weighted by atomic mass is 10.3. The molecule has 5 rings (SSSR count). The van der Waals surface area contributed by atoms with Crippen LogP contribution in [-0.4, -0.2) is 4.57 Å². The van der Waals surface area contributed by atoms with Gasteiger partial charge in [-0.05, 0) is 48.5 Å². The third kappa shape index (κ3) is 2.45. The van der Waals surface area contributed by atoms with E-state index in [2.05, 4.69) is 21.3 Å². The van der Waals surface area contributed by atoms with E-state index in [0.29, 0.717) is 13.1 Å². The van der Waals surface area contributed by atoms with Gasteiger partial charge in [-0.25, -0.2) is 9.13 Å². The Hall–Kier alpha value is -3.47. The number of fused-ring (bicyclic) bond motifs is 1. The second-order valence-corrected chi connectivity index (χ2v) is 6.12. The van der Waals surface area contributed by atoms with Crippen LogP contribution >= 0.6 is 0 Å². The van der Waals surface area contributed by atoms with Crippen molar-refractivity contribution < 1.29 is 17.8 Å². The Morgan fingerprint density at radius 1 is 0.731 bits per heavy atom. The topological polar surface area (TPSA) is 48.2 Å². The number of aromatic nitrogens is 2. The van der Waals surface area contributed by atoms with Gasteiger partial charge < -0.3 is 13.3 Å². The molecular weight excluding hydrogens is 328 g/mol. The van der Waals surface area contributed by atoms with E-state index in [1.54, 1.807) is 18.8 Å². The number of imidazole rings is 1. The van der Waals surface area contributed by atoms with Gasteiger partial charge in [0.15, 0.2) is 11.0 Å². The first-order chi connectivity index (χ1) is 12.9. The fourth-order valence-electron chi connectivity index (χ4n) is 3.40. The molecule has 0 N–H and O–H groups in total. The predicted molar refractivity (Wildman–Crippen MR) is 95.5 cm³/mol. The second-order valence-electron chi connectivity index (χ2n) is 6.12. The zero-order valence-electron chi connectivity index (χ0n) is 14.0. The molecule has 0 radical (unpaired) electrons. The van der Waals surface area contributed by atoms with Crippen molar-refractivity contribution in [2.75, 3.05) is 0 Å². The third-order valence-corrected chi connectivity index (χ3v) is 4.50. The van der Waals surface area contributed by atoms with Crippen LogP contribution in [0.25, 0.3) is 22.6 Å². The first-order valence-corrected chi connectivity index (χ1v) is 8.50. The van der Waals surface area contributed by atoms with E-state index in [0.717, 1.165) is 34.1 Å². The molecule has 5 heteroatoms. The highest BCUT2D eigenvalue weighted by molar-refractivity contribution is 5.75. The predicted octanol–water partition coefficient (Wildman–Crippen LogP) is 4.47. The number of furan rings is 3. The van der Waals surface area contributed by atoms with Crippen molar-refractivity contribution in [2.24, 2.45) is 0 Å². The summed E-state index contributed by atoms with van der Waals surface area (Å²) < 4.78 is 21.4. The molecule has 0 bridgehead atoms. The molecule has 0 fully saturated rings. The molecule has 4 heterocycles. The van der Waals surface area contributed by atoms with Crippen LogP contribution < -0.4 is 4.57 Å². The van der Waals surface area contributed by atoms with Crippen LogP contribution in [0.4, 0.5) is 0 Å². The smallest absolute Gasteiger partial charge is 0.326 e. The number of rotatable bonds is 5.